The molecule has 0 rings (SSSR count). The van der Waals surface area contributed by atoms with Crippen molar-refractivity contribution in [2.24, 2.45) is 5.92 Å². The maximum absolute atomic E-state index is 11.2. The Morgan fingerprint density at radius 1 is 1.12 bits per heavy atom. The second-order valence-electron chi connectivity index (χ2n) is 4.16. The van der Waals surface area contributed by atoms with Gasteiger partial charge in [-0.15, -0.1) is 0 Å². The first-order valence-corrected chi connectivity index (χ1v) is 5.84. The molecule has 0 fully saturated rings. The van der Waals surface area contributed by atoms with Gasteiger partial charge in [0, 0.05) is 13.1 Å². The summed E-state index contributed by atoms with van der Waals surface area (Å²) >= 11 is 0. The summed E-state index contributed by atoms with van der Waals surface area (Å²) in [5, 5.41) is 7.90. The van der Waals surface area contributed by atoms with Gasteiger partial charge in [0.2, 0.25) is 5.91 Å². The second-order valence-corrected chi connectivity index (χ2v) is 4.16. The van der Waals surface area contributed by atoms with E-state index in [0.717, 1.165) is 12.8 Å². The van der Waals surface area contributed by atoms with E-state index in [4.69, 9.17) is 0 Å². The molecule has 0 aliphatic carbocycles. The van der Waals surface area contributed by atoms with Gasteiger partial charge in [-0.25, -0.2) is 4.79 Å². The SMILES string of the molecule is CCCCNC(=O)NCC(=O)NCC(C)C. The normalized spacial score (nSPS) is 10.0. The zero-order valence-electron chi connectivity index (χ0n) is 10.4. The minimum atomic E-state index is -0.284. The molecule has 3 amide bonds. The number of hydrogen-bond acceptors (Lipinski definition) is 2. The maximum Gasteiger partial charge on any atom is 0.315 e. The number of rotatable bonds is 7. The van der Waals surface area contributed by atoms with Crippen LogP contribution in [0.3, 0.4) is 0 Å². The average Bonchev–Trinajstić information content (AvgIpc) is 2.24. The fourth-order valence-electron chi connectivity index (χ4n) is 0.982. The van der Waals surface area contributed by atoms with Crippen LogP contribution >= 0.6 is 0 Å². The molecule has 0 atom stereocenters. The highest BCUT2D eigenvalue weighted by Crippen LogP contribution is 1.86. The lowest BCUT2D eigenvalue weighted by Gasteiger charge is -2.09. The summed E-state index contributed by atoms with van der Waals surface area (Å²) in [5.74, 6) is 0.265. The van der Waals surface area contributed by atoms with Crippen molar-refractivity contribution in [3.8, 4) is 0 Å². The minimum absolute atomic E-state index is 0.0324. The van der Waals surface area contributed by atoms with Crippen molar-refractivity contribution in [1.29, 1.82) is 0 Å². The Bertz CT molecular complexity index is 217. The average molecular weight is 229 g/mol. The second kappa shape index (κ2) is 9.00. The van der Waals surface area contributed by atoms with Crippen LogP contribution in [-0.2, 0) is 4.79 Å². The predicted molar refractivity (Wildman–Crippen MR) is 64.2 cm³/mol. The van der Waals surface area contributed by atoms with Crippen LogP contribution in [0, 0.1) is 5.92 Å². The largest absolute Gasteiger partial charge is 0.354 e. The summed E-state index contributed by atoms with van der Waals surface area (Å²) in [6.07, 6.45) is 1.99. The van der Waals surface area contributed by atoms with Crippen molar-refractivity contribution in [2.45, 2.75) is 33.6 Å². The Kier molecular flexibility index (Phi) is 8.29. The van der Waals surface area contributed by atoms with Gasteiger partial charge in [-0.1, -0.05) is 27.2 Å². The van der Waals surface area contributed by atoms with E-state index >= 15 is 0 Å². The van der Waals surface area contributed by atoms with Gasteiger partial charge in [-0.2, -0.15) is 0 Å². The zero-order chi connectivity index (χ0) is 12.4. The molecule has 0 unspecified atom stereocenters. The lowest BCUT2D eigenvalue weighted by molar-refractivity contribution is -0.120. The van der Waals surface area contributed by atoms with E-state index in [2.05, 4.69) is 22.9 Å². The first-order valence-electron chi connectivity index (χ1n) is 5.84. The summed E-state index contributed by atoms with van der Waals surface area (Å²) in [6.45, 7) is 7.41. The minimum Gasteiger partial charge on any atom is -0.354 e. The van der Waals surface area contributed by atoms with Gasteiger partial charge in [-0.3, -0.25) is 4.79 Å². The van der Waals surface area contributed by atoms with Gasteiger partial charge in [0.25, 0.3) is 0 Å². The van der Waals surface area contributed by atoms with Crippen LogP contribution < -0.4 is 16.0 Å². The van der Waals surface area contributed by atoms with Gasteiger partial charge >= 0.3 is 6.03 Å². The fourth-order valence-corrected chi connectivity index (χ4v) is 0.982. The van der Waals surface area contributed by atoms with Crippen molar-refractivity contribution in [2.75, 3.05) is 19.6 Å². The Labute approximate surface area is 97.4 Å². The highest BCUT2D eigenvalue weighted by molar-refractivity contribution is 5.83. The fraction of sp³-hybridized carbons (Fsp3) is 0.818. The molecule has 0 spiro atoms. The van der Waals surface area contributed by atoms with Crippen molar-refractivity contribution in [1.82, 2.24) is 16.0 Å². The zero-order valence-corrected chi connectivity index (χ0v) is 10.4. The molecule has 3 N–H and O–H groups in total. The van der Waals surface area contributed by atoms with Crippen LogP contribution in [0.25, 0.3) is 0 Å². The monoisotopic (exact) mass is 229 g/mol. The molecule has 0 aromatic heterocycles. The molecule has 0 aromatic carbocycles. The molecular formula is C11H23N3O2. The number of nitrogens with one attached hydrogen (secondary N) is 3. The van der Waals surface area contributed by atoms with E-state index < -0.39 is 0 Å². The lowest BCUT2D eigenvalue weighted by Crippen LogP contribution is -2.42. The van der Waals surface area contributed by atoms with Crippen LogP contribution in [0.2, 0.25) is 0 Å². The predicted octanol–water partition coefficient (Wildman–Crippen LogP) is 0.858. The van der Waals surface area contributed by atoms with Crippen LogP contribution in [-0.4, -0.2) is 31.6 Å². The molecule has 0 radical (unpaired) electrons. The summed E-state index contributed by atoms with van der Waals surface area (Å²) in [7, 11) is 0. The van der Waals surface area contributed by atoms with E-state index in [1.54, 1.807) is 0 Å². The Morgan fingerprint density at radius 3 is 2.38 bits per heavy atom. The number of unbranched alkanes of at least 4 members (excludes halogenated alkanes) is 1. The van der Waals surface area contributed by atoms with Gasteiger partial charge in [-0.05, 0) is 12.3 Å². The topological polar surface area (TPSA) is 70.2 Å². The molecular weight excluding hydrogens is 206 g/mol. The van der Waals surface area contributed by atoms with Gasteiger partial charge in [0.15, 0.2) is 0 Å². The molecule has 94 valence electrons. The first kappa shape index (κ1) is 14.7. The van der Waals surface area contributed by atoms with Gasteiger partial charge in [0.1, 0.15) is 0 Å². The van der Waals surface area contributed by atoms with Crippen molar-refractivity contribution in [3.05, 3.63) is 0 Å². The maximum atomic E-state index is 11.2. The van der Waals surface area contributed by atoms with E-state index in [-0.39, 0.29) is 18.5 Å². The molecule has 0 aliphatic heterocycles. The standard InChI is InChI=1S/C11H23N3O2/c1-4-5-6-12-11(16)14-8-10(15)13-7-9(2)3/h9H,4-8H2,1-3H3,(H,13,15)(H2,12,14,16). The first-order chi connectivity index (χ1) is 7.56. The van der Waals surface area contributed by atoms with Gasteiger partial charge < -0.3 is 16.0 Å². The molecule has 0 aliphatic rings. The Hall–Kier alpha value is -1.26. The highest BCUT2D eigenvalue weighted by atomic mass is 16.2. The summed E-state index contributed by atoms with van der Waals surface area (Å²) < 4.78 is 0. The van der Waals surface area contributed by atoms with E-state index in [9.17, 15) is 9.59 Å². The molecule has 0 heterocycles. The van der Waals surface area contributed by atoms with E-state index in [0.29, 0.717) is 19.0 Å². The third kappa shape index (κ3) is 9.30. The van der Waals surface area contributed by atoms with Gasteiger partial charge in [0.05, 0.1) is 6.54 Å². The molecule has 0 aromatic rings. The van der Waals surface area contributed by atoms with Crippen molar-refractivity contribution in [3.63, 3.8) is 0 Å². The number of carbonyl (C=O) groups excluding carboxylic acids is 2. The quantitative estimate of drug-likeness (QED) is 0.567. The third-order valence-electron chi connectivity index (χ3n) is 1.93. The van der Waals surface area contributed by atoms with Crippen LogP contribution in [0.4, 0.5) is 4.79 Å². The molecule has 5 heteroatoms. The number of hydrogen-bond donors (Lipinski definition) is 3. The Morgan fingerprint density at radius 2 is 1.81 bits per heavy atom. The lowest BCUT2D eigenvalue weighted by atomic mass is 10.2. The van der Waals surface area contributed by atoms with Crippen LogP contribution in [0.15, 0.2) is 0 Å². The molecule has 0 saturated heterocycles. The molecule has 16 heavy (non-hydrogen) atoms. The molecule has 0 saturated carbocycles. The molecule has 0 bridgehead atoms. The number of amides is 3. The summed E-state index contributed by atoms with van der Waals surface area (Å²) in [4.78, 5) is 22.4. The molecule has 5 nitrogen and oxygen atoms in total. The van der Waals surface area contributed by atoms with Crippen LogP contribution in [0.1, 0.15) is 33.6 Å². The smallest absolute Gasteiger partial charge is 0.315 e. The highest BCUT2D eigenvalue weighted by Gasteiger charge is 2.04. The van der Waals surface area contributed by atoms with Crippen LogP contribution in [0.5, 0.6) is 0 Å². The number of urea groups is 1. The summed E-state index contributed by atoms with van der Waals surface area (Å²) in [6, 6.07) is -0.284. The third-order valence-corrected chi connectivity index (χ3v) is 1.93. The number of carbonyl (C=O) groups is 2. The van der Waals surface area contributed by atoms with E-state index in [1.165, 1.54) is 0 Å². The summed E-state index contributed by atoms with van der Waals surface area (Å²) in [5.41, 5.74) is 0. The van der Waals surface area contributed by atoms with Crippen molar-refractivity contribution >= 4 is 11.9 Å². The Balaban J connectivity index is 3.47. The van der Waals surface area contributed by atoms with Crippen molar-refractivity contribution < 1.29 is 9.59 Å². The van der Waals surface area contributed by atoms with E-state index in [1.807, 2.05) is 13.8 Å².